The first-order valence-corrected chi connectivity index (χ1v) is 6.08. The molecular weight excluding hydrogens is 240 g/mol. The number of esters is 1. The van der Waals surface area contributed by atoms with E-state index in [-0.39, 0.29) is 24.3 Å². The van der Waals surface area contributed by atoms with Crippen LogP contribution < -0.4 is 11.1 Å². The second-order valence-electron chi connectivity index (χ2n) is 3.65. The van der Waals surface area contributed by atoms with Gasteiger partial charge in [0.15, 0.2) is 0 Å². The molecule has 0 spiro atoms. The summed E-state index contributed by atoms with van der Waals surface area (Å²) in [6.07, 6.45) is 0.107. The Bertz CT molecular complexity index is 376. The molecule has 1 aromatic rings. The second kappa shape index (κ2) is 6.36. The van der Waals surface area contributed by atoms with Crippen molar-refractivity contribution in [3.8, 4) is 0 Å². The monoisotopic (exact) mass is 256 g/mol. The number of methoxy groups -OCH3 is 1. The van der Waals surface area contributed by atoms with E-state index in [2.05, 4.69) is 10.1 Å². The van der Waals surface area contributed by atoms with Crippen molar-refractivity contribution in [2.24, 2.45) is 5.73 Å². The van der Waals surface area contributed by atoms with Crippen molar-refractivity contribution in [3.05, 3.63) is 22.4 Å². The van der Waals surface area contributed by atoms with Crippen LogP contribution in [0.3, 0.4) is 0 Å². The van der Waals surface area contributed by atoms with E-state index in [0.717, 1.165) is 4.88 Å². The van der Waals surface area contributed by atoms with Crippen LogP contribution in [-0.2, 0) is 14.3 Å². The number of nitrogens with two attached hydrogens (primary N) is 1. The van der Waals surface area contributed by atoms with Crippen molar-refractivity contribution in [2.75, 3.05) is 7.11 Å². The van der Waals surface area contributed by atoms with Crippen molar-refractivity contribution >= 4 is 23.2 Å². The lowest BCUT2D eigenvalue weighted by Crippen LogP contribution is -2.40. The molecule has 0 fully saturated rings. The topological polar surface area (TPSA) is 81.4 Å². The van der Waals surface area contributed by atoms with Crippen molar-refractivity contribution in [1.82, 2.24) is 5.32 Å². The zero-order chi connectivity index (χ0) is 12.8. The number of amides is 1. The van der Waals surface area contributed by atoms with E-state index in [1.807, 2.05) is 17.5 Å². The summed E-state index contributed by atoms with van der Waals surface area (Å²) in [4.78, 5) is 23.7. The van der Waals surface area contributed by atoms with Crippen molar-refractivity contribution in [2.45, 2.75) is 25.4 Å². The van der Waals surface area contributed by atoms with Crippen molar-refractivity contribution < 1.29 is 14.3 Å². The molecule has 3 N–H and O–H groups in total. The molecule has 0 aromatic carbocycles. The number of carbonyl (C=O) groups is 2. The zero-order valence-electron chi connectivity index (χ0n) is 9.80. The number of rotatable bonds is 5. The predicted molar refractivity (Wildman–Crippen MR) is 65.5 cm³/mol. The molecule has 6 heteroatoms. The highest BCUT2D eigenvalue weighted by Gasteiger charge is 2.20. The Hall–Kier alpha value is -1.40. The molecule has 17 heavy (non-hydrogen) atoms. The minimum Gasteiger partial charge on any atom is -0.469 e. The fourth-order valence-electron chi connectivity index (χ4n) is 1.27. The quantitative estimate of drug-likeness (QED) is 0.764. The number of hydrogen-bond donors (Lipinski definition) is 2. The van der Waals surface area contributed by atoms with Gasteiger partial charge >= 0.3 is 5.97 Å². The van der Waals surface area contributed by atoms with Crippen LogP contribution in [0.4, 0.5) is 0 Å². The molecule has 2 atom stereocenters. The normalized spacial score (nSPS) is 13.8. The van der Waals surface area contributed by atoms with Gasteiger partial charge in [-0.1, -0.05) is 6.07 Å². The van der Waals surface area contributed by atoms with Crippen molar-refractivity contribution in [1.29, 1.82) is 0 Å². The molecule has 0 aliphatic carbocycles. The molecule has 1 unspecified atom stereocenters. The number of thiophene rings is 1. The Morgan fingerprint density at radius 2 is 2.29 bits per heavy atom. The molecule has 0 saturated heterocycles. The maximum Gasteiger partial charge on any atom is 0.307 e. The van der Waals surface area contributed by atoms with Crippen LogP contribution in [0.2, 0.25) is 0 Å². The molecule has 0 aliphatic heterocycles. The van der Waals surface area contributed by atoms with Gasteiger partial charge in [0.2, 0.25) is 5.91 Å². The molecule has 0 saturated carbocycles. The molecule has 1 heterocycles. The number of carbonyl (C=O) groups excluding carboxylic acids is 2. The second-order valence-corrected chi connectivity index (χ2v) is 4.62. The first kappa shape index (κ1) is 13.7. The van der Waals surface area contributed by atoms with Gasteiger partial charge in [-0.05, 0) is 18.4 Å². The summed E-state index contributed by atoms with van der Waals surface area (Å²) in [5, 5.41) is 4.62. The maximum absolute atomic E-state index is 11.5. The SMILES string of the molecule is COC(=O)CC(NC(=O)[C@@H](C)N)c1cccs1. The van der Waals surface area contributed by atoms with E-state index in [1.54, 1.807) is 6.92 Å². The molecule has 94 valence electrons. The molecule has 1 rings (SSSR count). The van der Waals surface area contributed by atoms with Gasteiger partial charge in [-0.25, -0.2) is 0 Å². The number of hydrogen-bond acceptors (Lipinski definition) is 5. The lowest BCUT2D eigenvalue weighted by Gasteiger charge is -2.17. The van der Waals surface area contributed by atoms with E-state index in [1.165, 1.54) is 18.4 Å². The molecule has 1 aromatic heterocycles. The van der Waals surface area contributed by atoms with Crippen LogP contribution in [0.1, 0.15) is 24.3 Å². The van der Waals surface area contributed by atoms with Crippen LogP contribution in [0, 0.1) is 0 Å². The highest BCUT2D eigenvalue weighted by Crippen LogP contribution is 2.22. The molecule has 1 amide bonds. The van der Waals surface area contributed by atoms with E-state index in [0.29, 0.717) is 0 Å². The largest absolute Gasteiger partial charge is 0.469 e. The van der Waals surface area contributed by atoms with E-state index in [9.17, 15) is 9.59 Å². The fraction of sp³-hybridized carbons (Fsp3) is 0.455. The Morgan fingerprint density at radius 1 is 1.59 bits per heavy atom. The molecule has 5 nitrogen and oxygen atoms in total. The average molecular weight is 256 g/mol. The van der Waals surface area contributed by atoms with Crippen LogP contribution in [0.25, 0.3) is 0 Å². The molecule has 0 bridgehead atoms. The third kappa shape index (κ3) is 4.16. The number of ether oxygens (including phenoxy) is 1. The zero-order valence-corrected chi connectivity index (χ0v) is 10.6. The smallest absolute Gasteiger partial charge is 0.307 e. The lowest BCUT2D eigenvalue weighted by atomic mass is 10.1. The Kier molecular flexibility index (Phi) is 5.11. The Morgan fingerprint density at radius 3 is 2.76 bits per heavy atom. The molecular formula is C11H16N2O3S. The van der Waals surface area contributed by atoms with Gasteiger partial charge in [0, 0.05) is 4.88 Å². The fourth-order valence-corrected chi connectivity index (χ4v) is 2.04. The van der Waals surface area contributed by atoms with Crippen LogP contribution >= 0.6 is 11.3 Å². The van der Waals surface area contributed by atoms with Crippen molar-refractivity contribution in [3.63, 3.8) is 0 Å². The molecule has 0 radical (unpaired) electrons. The van der Waals surface area contributed by atoms with Gasteiger partial charge in [0.05, 0.1) is 25.6 Å². The molecule has 0 aliphatic rings. The summed E-state index contributed by atoms with van der Waals surface area (Å²) < 4.78 is 4.60. The van der Waals surface area contributed by atoms with Gasteiger partial charge < -0.3 is 15.8 Å². The predicted octanol–water partition coefficient (Wildman–Crippen LogP) is 0.816. The van der Waals surface area contributed by atoms with E-state index < -0.39 is 6.04 Å². The standard InChI is InChI=1S/C11H16N2O3S/c1-7(12)11(15)13-8(6-10(14)16-2)9-4-3-5-17-9/h3-5,7-8H,6,12H2,1-2H3,(H,13,15)/t7-,8?/m1/s1. The third-order valence-corrected chi connectivity index (χ3v) is 3.20. The maximum atomic E-state index is 11.5. The van der Waals surface area contributed by atoms with Gasteiger partial charge in [-0.15, -0.1) is 11.3 Å². The highest BCUT2D eigenvalue weighted by atomic mass is 32.1. The number of nitrogens with one attached hydrogen (secondary N) is 1. The first-order valence-electron chi connectivity index (χ1n) is 5.20. The summed E-state index contributed by atoms with van der Waals surface area (Å²) in [6.45, 7) is 1.60. The first-order chi connectivity index (χ1) is 8.04. The van der Waals surface area contributed by atoms with Gasteiger partial charge in [0.1, 0.15) is 0 Å². The van der Waals surface area contributed by atoms with E-state index in [4.69, 9.17) is 5.73 Å². The highest BCUT2D eigenvalue weighted by molar-refractivity contribution is 7.10. The van der Waals surface area contributed by atoms with Crippen LogP contribution in [0.5, 0.6) is 0 Å². The summed E-state index contributed by atoms with van der Waals surface area (Å²) in [5.74, 6) is -0.652. The summed E-state index contributed by atoms with van der Waals surface area (Å²) in [5.41, 5.74) is 5.48. The summed E-state index contributed by atoms with van der Waals surface area (Å²) >= 11 is 1.47. The Labute approximate surface area is 104 Å². The lowest BCUT2D eigenvalue weighted by molar-refractivity contribution is -0.141. The third-order valence-electron chi connectivity index (χ3n) is 2.22. The van der Waals surface area contributed by atoms with Gasteiger partial charge in [-0.2, -0.15) is 0 Å². The van der Waals surface area contributed by atoms with Gasteiger partial charge in [-0.3, -0.25) is 9.59 Å². The minimum absolute atomic E-state index is 0.107. The minimum atomic E-state index is -0.602. The van der Waals surface area contributed by atoms with Crippen LogP contribution in [0.15, 0.2) is 17.5 Å². The Balaban J connectivity index is 2.73. The van der Waals surface area contributed by atoms with Gasteiger partial charge in [0.25, 0.3) is 0 Å². The van der Waals surface area contributed by atoms with E-state index >= 15 is 0 Å². The van der Waals surface area contributed by atoms with Crippen LogP contribution in [-0.4, -0.2) is 25.0 Å². The average Bonchev–Trinajstić information content (AvgIpc) is 2.80. The summed E-state index contributed by atoms with van der Waals surface area (Å²) in [6, 6.07) is 2.75. The summed E-state index contributed by atoms with van der Waals surface area (Å²) in [7, 11) is 1.32.